The van der Waals surface area contributed by atoms with Gasteiger partial charge < -0.3 is 0 Å². The SMILES string of the molecule is CC1(C)CC(=O)C2C(=NC(S[C@@H]3C=CCCC3)=C(C#N)[C@@H]2c2ccccc2)C1. The summed E-state index contributed by atoms with van der Waals surface area (Å²) >= 11 is 1.70. The minimum atomic E-state index is -0.295. The quantitative estimate of drug-likeness (QED) is 0.612. The predicted molar refractivity (Wildman–Crippen MR) is 115 cm³/mol. The van der Waals surface area contributed by atoms with E-state index in [2.05, 4.69) is 32.1 Å². The van der Waals surface area contributed by atoms with E-state index in [1.807, 2.05) is 30.3 Å². The number of Topliss-reactive ketones (excluding diaryl/α,β-unsaturated/α-hetero) is 1. The first-order chi connectivity index (χ1) is 13.5. The molecule has 0 saturated heterocycles. The van der Waals surface area contributed by atoms with Crippen LogP contribution >= 0.6 is 11.8 Å². The lowest BCUT2D eigenvalue weighted by Crippen LogP contribution is -2.43. The van der Waals surface area contributed by atoms with E-state index >= 15 is 0 Å². The van der Waals surface area contributed by atoms with E-state index in [1.165, 1.54) is 6.42 Å². The fourth-order valence-corrected chi connectivity index (χ4v) is 5.89. The molecule has 4 rings (SSSR count). The van der Waals surface area contributed by atoms with Crippen LogP contribution < -0.4 is 0 Å². The molecule has 1 saturated carbocycles. The molecular formula is C24H26N2OS. The Bertz CT molecular complexity index is 904. The van der Waals surface area contributed by atoms with Crippen molar-refractivity contribution < 1.29 is 4.79 Å². The average molecular weight is 391 g/mol. The Morgan fingerprint density at radius 3 is 2.64 bits per heavy atom. The highest BCUT2D eigenvalue weighted by Crippen LogP contribution is 2.49. The summed E-state index contributed by atoms with van der Waals surface area (Å²) < 4.78 is 0. The van der Waals surface area contributed by atoms with Crippen molar-refractivity contribution in [3.63, 3.8) is 0 Å². The third kappa shape index (κ3) is 3.73. The summed E-state index contributed by atoms with van der Waals surface area (Å²) in [5.41, 5.74) is 2.60. The van der Waals surface area contributed by atoms with Crippen LogP contribution in [-0.2, 0) is 4.79 Å². The van der Waals surface area contributed by atoms with Crippen molar-refractivity contribution in [2.45, 2.75) is 57.1 Å². The van der Waals surface area contributed by atoms with E-state index in [4.69, 9.17) is 4.99 Å². The zero-order valence-corrected chi connectivity index (χ0v) is 17.3. The summed E-state index contributed by atoms with van der Waals surface area (Å²) in [4.78, 5) is 18.1. The van der Waals surface area contributed by atoms with E-state index in [0.29, 0.717) is 17.2 Å². The molecule has 0 N–H and O–H groups in total. The van der Waals surface area contributed by atoms with Gasteiger partial charge in [-0.2, -0.15) is 5.26 Å². The van der Waals surface area contributed by atoms with E-state index < -0.39 is 0 Å². The zero-order valence-electron chi connectivity index (χ0n) is 16.5. The lowest BCUT2D eigenvalue weighted by Gasteiger charge is -2.40. The number of nitriles is 1. The van der Waals surface area contributed by atoms with Crippen molar-refractivity contribution in [2.24, 2.45) is 16.3 Å². The average Bonchev–Trinajstić information content (AvgIpc) is 2.67. The normalized spacial score (nSPS) is 29.1. The highest BCUT2D eigenvalue weighted by Gasteiger charge is 2.46. The van der Waals surface area contributed by atoms with Gasteiger partial charge in [0.1, 0.15) is 10.8 Å². The molecule has 1 unspecified atom stereocenters. The lowest BCUT2D eigenvalue weighted by molar-refractivity contribution is -0.124. The molecule has 0 spiro atoms. The van der Waals surface area contributed by atoms with Gasteiger partial charge in [0, 0.05) is 23.3 Å². The van der Waals surface area contributed by atoms with Crippen LogP contribution in [0.15, 0.2) is 58.1 Å². The van der Waals surface area contributed by atoms with E-state index in [1.54, 1.807) is 11.8 Å². The van der Waals surface area contributed by atoms with Crippen LogP contribution in [0.25, 0.3) is 0 Å². The van der Waals surface area contributed by atoms with E-state index in [-0.39, 0.29) is 23.0 Å². The molecule has 1 heterocycles. The summed E-state index contributed by atoms with van der Waals surface area (Å²) in [7, 11) is 0. The van der Waals surface area contributed by atoms with Gasteiger partial charge in [0.05, 0.1) is 17.6 Å². The lowest BCUT2D eigenvalue weighted by atomic mass is 9.64. The first kappa shape index (κ1) is 19.2. The van der Waals surface area contributed by atoms with Crippen molar-refractivity contribution in [1.29, 1.82) is 5.26 Å². The topological polar surface area (TPSA) is 53.2 Å². The summed E-state index contributed by atoms with van der Waals surface area (Å²) in [6.07, 6.45) is 9.26. The fraction of sp³-hybridized carbons (Fsp3) is 0.458. The molecule has 0 radical (unpaired) electrons. The van der Waals surface area contributed by atoms with Gasteiger partial charge in [0.25, 0.3) is 0 Å². The molecule has 0 aromatic heterocycles. The molecule has 1 aliphatic heterocycles. The Morgan fingerprint density at radius 2 is 1.96 bits per heavy atom. The monoisotopic (exact) mass is 390 g/mol. The van der Waals surface area contributed by atoms with Crippen molar-refractivity contribution in [2.75, 3.05) is 0 Å². The van der Waals surface area contributed by atoms with Crippen molar-refractivity contribution in [1.82, 2.24) is 0 Å². The molecule has 1 aromatic rings. The first-order valence-electron chi connectivity index (χ1n) is 10.1. The molecule has 0 bridgehead atoms. The molecule has 1 aromatic carbocycles. The van der Waals surface area contributed by atoms with Crippen LogP contribution in [0.5, 0.6) is 0 Å². The predicted octanol–water partition coefficient (Wildman–Crippen LogP) is 5.81. The van der Waals surface area contributed by atoms with Crippen LogP contribution in [0.1, 0.15) is 57.4 Å². The van der Waals surface area contributed by atoms with Crippen LogP contribution in [0.2, 0.25) is 0 Å². The van der Waals surface area contributed by atoms with Gasteiger partial charge in [-0.3, -0.25) is 4.79 Å². The van der Waals surface area contributed by atoms with Gasteiger partial charge in [0.2, 0.25) is 0 Å². The Hall–Kier alpha value is -2.12. The molecule has 144 valence electrons. The van der Waals surface area contributed by atoms with Gasteiger partial charge in [-0.25, -0.2) is 4.99 Å². The summed E-state index contributed by atoms with van der Waals surface area (Å²) in [6, 6.07) is 12.5. The number of hydrogen-bond donors (Lipinski definition) is 0. The minimum absolute atomic E-state index is 0.0711. The maximum atomic E-state index is 13.2. The molecule has 3 atom stereocenters. The molecule has 3 nitrogen and oxygen atoms in total. The second kappa shape index (κ2) is 7.72. The van der Waals surface area contributed by atoms with Crippen LogP contribution in [-0.4, -0.2) is 16.7 Å². The fourth-order valence-electron chi connectivity index (χ4n) is 4.66. The molecule has 0 amide bonds. The largest absolute Gasteiger partial charge is 0.299 e. The number of allylic oxidation sites excluding steroid dienone is 2. The summed E-state index contributed by atoms with van der Waals surface area (Å²) in [5, 5.41) is 11.3. The molecule has 4 heteroatoms. The highest BCUT2D eigenvalue weighted by atomic mass is 32.2. The van der Waals surface area contributed by atoms with E-state index in [9.17, 15) is 10.1 Å². The van der Waals surface area contributed by atoms with Crippen LogP contribution in [0, 0.1) is 22.7 Å². The molecular weight excluding hydrogens is 364 g/mol. The second-order valence-electron chi connectivity index (χ2n) is 8.80. The standard InChI is InChI=1S/C24H26N2OS/c1-24(2)13-19-22(20(27)14-24)21(16-9-5-3-6-10-16)18(15-25)23(26-19)28-17-11-7-4-8-12-17/h3,5-7,9-11,17,21-22H,4,8,12-14H2,1-2H3/t17-,21+,22?/m1/s1. The zero-order chi connectivity index (χ0) is 19.7. The van der Waals surface area contributed by atoms with Crippen molar-refractivity contribution in [3.8, 4) is 6.07 Å². The third-order valence-electron chi connectivity index (χ3n) is 5.89. The Labute approximate surface area is 171 Å². The molecule has 3 aliphatic rings. The smallest absolute Gasteiger partial charge is 0.143 e. The van der Waals surface area contributed by atoms with Crippen LogP contribution in [0.4, 0.5) is 0 Å². The molecule has 28 heavy (non-hydrogen) atoms. The maximum absolute atomic E-state index is 13.2. The summed E-state index contributed by atoms with van der Waals surface area (Å²) in [5.74, 6) is -0.285. The Kier molecular flexibility index (Phi) is 5.29. The van der Waals surface area contributed by atoms with Gasteiger partial charge in [-0.1, -0.05) is 68.1 Å². The number of carbonyl (C=O) groups excluding carboxylic acids is 1. The molecule has 1 fully saturated rings. The number of rotatable bonds is 3. The number of carbonyl (C=O) groups is 1. The Morgan fingerprint density at radius 1 is 1.18 bits per heavy atom. The second-order valence-corrected chi connectivity index (χ2v) is 10.0. The van der Waals surface area contributed by atoms with Gasteiger partial charge >= 0.3 is 0 Å². The Balaban J connectivity index is 1.81. The number of benzene rings is 1. The van der Waals surface area contributed by atoms with Gasteiger partial charge in [-0.05, 0) is 36.7 Å². The van der Waals surface area contributed by atoms with Crippen LogP contribution in [0.3, 0.4) is 0 Å². The first-order valence-corrected chi connectivity index (χ1v) is 11.0. The minimum Gasteiger partial charge on any atom is -0.299 e. The highest BCUT2D eigenvalue weighted by molar-refractivity contribution is 8.03. The number of aliphatic imine (C=N–C) groups is 1. The van der Waals surface area contributed by atoms with E-state index in [0.717, 1.165) is 35.6 Å². The van der Waals surface area contributed by atoms with Gasteiger partial charge in [0.15, 0.2) is 0 Å². The van der Waals surface area contributed by atoms with Crippen molar-refractivity contribution in [3.05, 3.63) is 58.6 Å². The number of thioether (sulfide) groups is 1. The number of hydrogen-bond acceptors (Lipinski definition) is 4. The molecule has 2 aliphatic carbocycles. The third-order valence-corrected chi connectivity index (χ3v) is 7.12. The summed E-state index contributed by atoms with van der Waals surface area (Å²) in [6.45, 7) is 4.28. The maximum Gasteiger partial charge on any atom is 0.143 e. The van der Waals surface area contributed by atoms with Gasteiger partial charge in [-0.15, -0.1) is 0 Å². The number of ketones is 1. The number of nitrogens with zero attached hydrogens (tertiary/aromatic N) is 2. The number of fused-ring (bicyclic) bond motifs is 1. The van der Waals surface area contributed by atoms with Crippen molar-refractivity contribution >= 4 is 23.3 Å².